The zero-order chi connectivity index (χ0) is 49.8. The van der Waals surface area contributed by atoms with Gasteiger partial charge in [0.25, 0.3) is 0 Å². The zero-order valence-corrected chi connectivity index (χ0v) is 40.3. The number of amides is 1. The van der Waals surface area contributed by atoms with Gasteiger partial charge in [0.05, 0.1) is 6.04 Å². The molecule has 2 heterocycles. The van der Waals surface area contributed by atoms with Crippen LogP contribution in [-0.2, 0) is 38.0 Å². The van der Waals surface area contributed by atoms with Gasteiger partial charge in [0.1, 0.15) is 5.82 Å². The number of carbonyl (C=O) groups excluding carboxylic acids is 2. The van der Waals surface area contributed by atoms with Gasteiger partial charge in [-0.05, 0) is 5.41 Å². The van der Waals surface area contributed by atoms with Gasteiger partial charge in [0.15, 0.2) is 0 Å². The monoisotopic (exact) mass is 879 g/mol. The summed E-state index contributed by atoms with van der Waals surface area (Å²) >= 11 is 0. The fourth-order valence-corrected chi connectivity index (χ4v) is 4.52. The Morgan fingerprint density at radius 1 is 0.667 bits per heavy atom. The van der Waals surface area contributed by atoms with E-state index in [0.717, 1.165) is 41.3 Å². The first-order valence-electron chi connectivity index (χ1n) is 19.9. The van der Waals surface area contributed by atoms with Crippen molar-refractivity contribution in [2.45, 2.75) is 134 Å². The summed E-state index contributed by atoms with van der Waals surface area (Å²) in [5, 5.41) is 9.82. The standard InChI is InChI=1S/C9H14BN3O.C9H17BN2O3.C8H15N3.C7H12BNO3.C7H12BNO2/c1-9(2,3)7(13-6-10-14)8-11-4-5-12-8;1-9(2,3)7(11-6-10-14)8(13)12(4)15-5;1-8(2,3)6(9)7-10-4-5-11-7;1-7(2,3)5(6(10)11)9-4-8-12;1-7(2,3)6(4-10)9-5-8-11/h4-7H,1-3H3,(H,11,12);6-7H,1-5H3;4-6H,9H2,1-3H3,(H,10,11);4-5H,1-3H3,(H,10,11);4-6H,1-3H3/t2*7-;6-;5-;6-/m11111/s1. The van der Waals surface area contributed by atoms with Crippen LogP contribution in [0.1, 0.15) is 128 Å². The van der Waals surface area contributed by atoms with E-state index in [0.29, 0.717) is 28.6 Å². The molecule has 0 saturated heterocycles. The third-order valence-corrected chi connectivity index (χ3v) is 8.25. The molecular formula is C40H70B4N10O9. The number of aliphatic imine (C=N–C) groups is 4. The topological polar surface area (TPSA) is 285 Å². The van der Waals surface area contributed by atoms with Crippen LogP contribution in [0, 0.1) is 27.1 Å². The molecule has 2 aromatic rings. The molecular weight excluding hydrogens is 808 g/mol. The molecule has 0 aliphatic rings. The predicted octanol–water partition coefficient (Wildman–Crippen LogP) is 4.77. The number of hydrogen-bond donors (Lipinski definition) is 4. The summed E-state index contributed by atoms with van der Waals surface area (Å²) in [5.41, 5.74) is 4.90. The minimum absolute atomic E-state index is 0.0162. The van der Waals surface area contributed by atoms with Gasteiger partial charge in [-0.15, -0.1) is 0 Å². The van der Waals surface area contributed by atoms with Crippen LogP contribution < -0.4 is 5.73 Å². The van der Waals surface area contributed by atoms with Crippen LogP contribution in [0.4, 0.5) is 0 Å². The molecule has 1 amide bonds. The second kappa shape index (κ2) is 30.2. The number of nitrogens with two attached hydrogens (primary N) is 1. The van der Waals surface area contributed by atoms with E-state index in [1.165, 1.54) is 20.3 Å². The molecule has 0 fully saturated rings. The summed E-state index contributed by atoms with van der Waals surface area (Å²) in [7, 11) is 5.20. The number of carbonyl (C=O) groups is 3. The number of aromatic nitrogens is 4. The summed E-state index contributed by atoms with van der Waals surface area (Å²) < 4.78 is 40.2. The van der Waals surface area contributed by atoms with Crippen LogP contribution in [0.5, 0.6) is 0 Å². The Kier molecular flexibility index (Phi) is 29.9. The average molecular weight is 878 g/mol. The van der Waals surface area contributed by atoms with Gasteiger partial charge in [-0.25, -0.2) is 4.98 Å². The van der Waals surface area contributed by atoms with E-state index in [4.69, 9.17) is 15.7 Å². The molecule has 0 unspecified atom stereocenters. The summed E-state index contributed by atoms with van der Waals surface area (Å²) in [4.78, 5) is 67.4. The van der Waals surface area contributed by atoms with Gasteiger partial charge in [-0.3, -0.25) is 0 Å². The molecule has 0 bridgehead atoms. The Morgan fingerprint density at radius 3 is 1.37 bits per heavy atom. The Bertz CT molecular complexity index is 1760. The molecule has 2 rings (SSSR count). The number of rotatable bonds is 14. The van der Waals surface area contributed by atoms with Gasteiger partial charge < -0.3 is 10.7 Å². The van der Waals surface area contributed by atoms with Crippen LogP contribution in [0.3, 0.4) is 0 Å². The van der Waals surface area contributed by atoms with E-state index in [9.17, 15) is 33.2 Å². The second-order valence-corrected chi connectivity index (χ2v) is 19.1. The molecule has 63 heavy (non-hydrogen) atoms. The molecule has 0 spiro atoms. The van der Waals surface area contributed by atoms with E-state index in [1.807, 2.05) is 41.5 Å². The summed E-state index contributed by atoms with van der Waals surface area (Å²) in [6.45, 7) is 29.1. The van der Waals surface area contributed by atoms with Crippen molar-refractivity contribution in [2.24, 2.45) is 52.8 Å². The first-order valence-corrected chi connectivity index (χ1v) is 19.9. The fourth-order valence-electron chi connectivity index (χ4n) is 4.52. The van der Waals surface area contributed by atoms with Crippen molar-refractivity contribution in [1.82, 2.24) is 25.0 Å². The number of hydroxylamine groups is 2. The molecule has 0 aliphatic heterocycles. The number of aldehydes is 1. The second-order valence-electron chi connectivity index (χ2n) is 19.1. The van der Waals surface area contributed by atoms with Crippen LogP contribution in [0.2, 0.25) is 0 Å². The minimum atomic E-state index is -1.01. The number of aromatic amines is 2. The third-order valence-electron chi connectivity index (χ3n) is 8.25. The predicted molar refractivity (Wildman–Crippen MR) is 249 cm³/mol. The number of carboxylic acid groups (broad SMARTS) is 1. The van der Waals surface area contributed by atoms with Gasteiger partial charge in [-0.1, -0.05) is 20.8 Å². The van der Waals surface area contributed by atoms with Gasteiger partial charge in [-0.2, -0.15) is 0 Å². The number of imidazole rings is 2. The van der Waals surface area contributed by atoms with E-state index < -0.39 is 29.5 Å². The van der Waals surface area contributed by atoms with Crippen molar-refractivity contribution < 1.29 is 43.1 Å². The van der Waals surface area contributed by atoms with Crippen LogP contribution >= 0.6 is 0 Å². The normalized spacial score (nSPS) is 14.3. The van der Waals surface area contributed by atoms with E-state index in [2.05, 4.69) is 81.4 Å². The number of likely N-dealkylation sites (N-methyl/N-ethyl adjacent to an activating group) is 1. The first kappa shape index (κ1) is 62.4. The molecule has 0 aliphatic carbocycles. The fraction of sp³-hybridized carbons (Fsp3) is 0.675. The van der Waals surface area contributed by atoms with Crippen LogP contribution in [-0.4, -0.2) is 134 Å². The Labute approximate surface area is 375 Å². The van der Waals surface area contributed by atoms with Gasteiger partial charge >= 0.3 is 311 Å². The van der Waals surface area contributed by atoms with Crippen molar-refractivity contribution in [3.8, 4) is 0 Å². The maximum atomic E-state index is 11.8. The van der Waals surface area contributed by atoms with Crippen LogP contribution in [0.15, 0.2) is 44.8 Å². The van der Waals surface area contributed by atoms with E-state index in [-0.39, 0.29) is 39.7 Å². The number of hydrogen-bond acceptors (Lipinski definition) is 15. The van der Waals surface area contributed by atoms with Crippen molar-refractivity contribution in [3.05, 3.63) is 36.4 Å². The van der Waals surface area contributed by atoms with Crippen molar-refractivity contribution in [1.29, 1.82) is 0 Å². The average Bonchev–Trinajstić information content (AvgIpc) is 3.89. The van der Waals surface area contributed by atoms with Crippen molar-refractivity contribution in [3.63, 3.8) is 0 Å². The number of nitrogens with zero attached hydrogens (tertiary/aromatic N) is 7. The zero-order valence-electron chi connectivity index (χ0n) is 40.3. The molecule has 346 valence electrons. The summed E-state index contributed by atoms with van der Waals surface area (Å²) in [5.74, 6) is 0.358. The maximum absolute atomic E-state index is 11.8. The summed E-state index contributed by atoms with van der Waals surface area (Å²) in [6.07, 6.45) is 12.2. The molecule has 23 heteroatoms. The molecule has 5 N–H and O–H groups in total. The van der Waals surface area contributed by atoms with Crippen LogP contribution in [0.25, 0.3) is 0 Å². The number of H-pyrrole nitrogens is 2. The molecule has 0 aromatic carbocycles. The molecule has 0 saturated carbocycles. The van der Waals surface area contributed by atoms with Crippen molar-refractivity contribution >= 4 is 71.2 Å². The Hall–Kier alpha value is -4.91. The first-order chi connectivity index (χ1) is 28.8. The van der Waals surface area contributed by atoms with Gasteiger partial charge in [0.2, 0.25) is 0 Å². The molecule has 2 aromatic heterocycles. The van der Waals surface area contributed by atoms with Gasteiger partial charge in [0, 0.05) is 12.4 Å². The summed E-state index contributed by atoms with van der Waals surface area (Å²) in [6, 6.07) is -2.02. The van der Waals surface area contributed by atoms with Crippen molar-refractivity contribution in [2.75, 3.05) is 14.2 Å². The quantitative estimate of drug-likeness (QED) is 0.0864. The Balaban J connectivity index is -0.000000718. The number of nitrogens with one attached hydrogen (secondary N) is 2. The Morgan fingerprint density at radius 2 is 1.06 bits per heavy atom. The SMILES string of the molecule is CC(C)(C)[C@@H](C=O)N=CB=O.CC(C)(C)[C@H](N)c1ncc[nH]1.CC(C)(C)[C@H](N=CB=O)C(=O)O.CC(C)(C)[C@H](N=CB=O)c1ncc[nH]1.CON(C)C(=O)[C@@H](N=CB=O)C(C)(C)C. The molecule has 5 atom stereocenters. The number of aliphatic carboxylic acids is 1. The molecule has 0 radical (unpaired) electrons. The third kappa shape index (κ3) is 27.7. The molecule has 19 nitrogen and oxygen atoms in total. The van der Waals surface area contributed by atoms with E-state index in [1.54, 1.807) is 45.6 Å². The number of carboxylic acids is 1. The van der Waals surface area contributed by atoms with E-state index >= 15 is 0 Å².